The lowest BCUT2D eigenvalue weighted by Gasteiger charge is -2.16. The van der Waals surface area contributed by atoms with Crippen LogP contribution in [-0.2, 0) is 4.79 Å². The highest BCUT2D eigenvalue weighted by Gasteiger charge is 2.25. The Kier molecular flexibility index (Phi) is 5.75. The van der Waals surface area contributed by atoms with Crippen LogP contribution in [0.2, 0.25) is 0 Å². The molecule has 2 rings (SSSR count). The van der Waals surface area contributed by atoms with E-state index in [1.165, 1.54) is 0 Å². The summed E-state index contributed by atoms with van der Waals surface area (Å²) in [6.45, 7) is 6.07. The molecular weight excluding hydrogens is 280 g/mol. The van der Waals surface area contributed by atoms with Gasteiger partial charge in [-0.15, -0.1) is 0 Å². The third-order valence-corrected chi connectivity index (χ3v) is 3.76. The van der Waals surface area contributed by atoms with Gasteiger partial charge in [0.25, 0.3) is 5.91 Å². The number of likely N-dealkylation sites (tertiary alicyclic amines) is 1. The fourth-order valence-corrected chi connectivity index (χ4v) is 2.49. The minimum Gasteiger partial charge on any atom is -0.365 e. The number of pyridine rings is 1. The highest BCUT2D eigenvalue weighted by molar-refractivity contribution is 5.94. The normalized spacial score (nSPS) is 17.4. The molecule has 6 nitrogen and oxygen atoms in total. The first-order valence-electron chi connectivity index (χ1n) is 7.92. The minimum absolute atomic E-state index is 0.0958. The summed E-state index contributed by atoms with van der Waals surface area (Å²) in [5.74, 6) is 0.838. The van der Waals surface area contributed by atoms with E-state index < -0.39 is 0 Å². The van der Waals surface area contributed by atoms with Crippen LogP contribution in [0.5, 0.6) is 0 Å². The molecule has 0 saturated carbocycles. The van der Waals surface area contributed by atoms with Gasteiger partial charge in [-0.05, 0) is 25.0 Å². The van der Waals surface area contributed by atoms with Crippen molar-refractivity contribution in [3.8, 4) is 0 Å². The summed E-state index contributed by atoms with van der Waals surface area (Å²) in [6, 6.07) is 3.80. The van der Waals surface area contributed by atoms with Gasteiger partial charge in [0, 0.05) is 38.3 Å². The predicted molar refractivity (Wildman–Crippen MR) is 85.8 cm³/mol. The zero-order valence-electron chi connectivity index (χ0n) is 13.3. The van der Waals surface area contributed by atoms with Gasteiger partial charge in [0.15, 0.2) is 0 Å². The smallest absolute Gasteiger partial charge is 0.252 e. The van der Waals surface area contributed by atoms with Crippen molar-refractivity contribution < 1.29 is 9.59 Å². The second-order valence-electron chi connectivity index (χ2n) is 5.51. The van der Waals surface area contributed by atoms with Crippen LogP contribution in [0.25, 0.3) is 0 Å². The number of rotatable bonds is 6. The third kappa shape index (κ3) is 4.19. The van der Waals surface area contributed by atoms with Crippen molar-refractivity contribution in [1.29, 1.82) is 0 Å². The molecule has 1 aromatic rings. The number of carbonyl (C=O) groups excluding carboxylic acids is 2. The molecule has 1 fully saturated rings. The number of anilines is 1. The molecule has 1 aliphatic heterocycles. The summed E-state index contributed by atoms with van der Waals surface area (Å²) in [5, 5.41) is 6.14. The van der Waals surface area contributed by atoms with Gasteiger partial charge in [-0.2, -0.15) is 0 Å². The number of aromatic nitrogens is 1. The molecule has 2 heterocycles. The Morgan fingerprint density at radius 3 is 2.82 bits per heavy atom. The monoisotopic (exact) mass is 304 g/mol. The molecule has 22 heavy (non-hydrogen) atoms. The van der Waals surface area contributed by atoms with Crippen LogP contribution < -0.4 is 10.6 Å². The minimum atomic E-state index is -0.0958. The van der Waals surface area contributed by atoms with Crippen LogP contribution in [0.1, 0.15) is 43.5 Å². The maximum atomic E-state index is 11.8. The summed E-state index contributed by atoms with van der Waals surface area (Å²) in [6.07, 6.45) is 3.96. The Hall–Kier alpha value is -2.11. The van der Waals surface area contributed by atoms with Crippen molar-refractivity contribution in [2.24, 2.45) is 0 Å². The van der Waals surface area contributed by atoms with Crippen molar-refractivity contribution >= 4 is 17.6 Å². The zero-order chi connectivity index (χ0) is 15.9. The van der Waals surface area contributed by atoms with Gasteiger partial charge in [-0.25, -0.2) is 4.98 Å². The fourth-order valence-electron chi connectivity index (χ4n) is 2.49. The molecule has 1 atom stereocenters. The Labute approximate surface area is 131 Å². The predicted octanol–water partition coefficient (Wildman–Crippen LogP) is 1.64. The van der Waals surface area contributed by atoms with Gasteiger partial charge in [0.1, 0.15) is 5.82 Å². The van der Waals surface area contributed by atoms with Crippen molar-refractivity contribution in [3.05, 3.63) is 23.9 Å². The first kappa shape index (κ1) is 16.3. The van der Waals surface area contributed by atoms with Crippen molar-refractivity contribution in [3.63, 3.8) is 0 Å². The molecule has 0 aromatic carbocycles. The highest BCUT2D eigenvalue weighted by Crippen LogP contribution is 2.15. The standard InChI is InChI=1S/C16H24N4O2/c1-3-8-17-16(22)12-5-6-14(18-10-12)19-13-7-9-20(11-13)15(21)4-2/h5-6,10,13H,3-4,7-9,11H2,1-2H3,(H,17,22)(H,18,19). The van der Waals surface area contributed by atoms with E-state index in [2.05, 4.69) is 15.6 Å². The first-order chi connectivity index (χ1) is 10.6. The maximum absolute atomic E-state index is 11.8. The zero-order valence-corrected chi connectivity index (χ0v) is 13.3. The van der Waals surface area contributed by atoms with Gasteiger partial charge in [-0.3, -0.25) is 9.59 Å². The van der Waals surface area contributed by atoms with Crippen LogP contribution in [-0.4, -0.2) is 47.4 Å². The molecule has 0 spiro atoms. The lowest BCUT2D eigenvalue weighted by molar-refractivity contribution is -0.129. The van der Waals surface area contributed by atoms with Crippen LogP contribution in [0.4, 0.5) is 5.82 Å². The molecule has 1 aliphatic rings. The Balaban J connectivity index is 1.87. The molecular formula is C16H24N4O2. The van der Waals surface area contributed by atoms with Gasteiger partial charge >= 0.3 is 0 Å². The topological polar surface area (TPSA) is 74.3 Å². The van der Waals surface area contributed by atoms with E-state index >= 15 is 0 Å². The molecule has 1 saturated heterocycles. The van der Waals surface area contributed by atoms with Crippen molar-refractivity contribution in [2.45, 2.75) is 39.2 Å². The number of nitrogens with one attached hydrogen (secondary N) is 2. The van der Waals surface area contributed by atoms with Gasteiger partial charge in [0.05, 0.1) is 5.56 Å². The second kappa shape index (κ2) is 7.77. The quantitative estimate of drug-likeness (QED) is 0.838. The summed E-state index contributed by atoms with van der Waals surface area (Å²) in [5.41, 5.74) is 0.563. The molecule has 0 radical (unpaired) electrons. The summed E-state index contributed by atoms with van der Waals surface area (Å²) >= 11 is 0. The van der Waals surface area contributed by atoms with E-state index in [-0.39, 0.29) is 17.9 Å². The van der Waals surface area contributed by atoms with E-state index in [1.807, 2.05) is 24.8 Å². The highest BCUT2D eigenvalue weighted by atomic mass is 16.2. The number of carbonyl (C=O) groups is 2. The summed E-state index contributed by atoms with van der Waals surface area (Å²) in [4.78, 5) is 29.6. The van der Waals surface area contributed by atoms with Crippen molar-refractivity contribution in [1.82, 2.24) is 15.2 Å². The number of amides is 2. The SMILES string of the molecule is CCCNC(=O)c1ccc(NC2CCN(C(=O)CC)C2)nc1. The molecule has 2 N–H and O–H groups in total. The van der Waals surface area contributed by atoms with Crippen LogP contribution in [0.3, 0.4) is 0 Å². The number of hydrogen-bond acceptors (Lipinski definition) is 4. The van der Waals surface area contributed by atoms with E-state index in [1.54, 1.807) is 12.3 Å². The maximum Gasteiger partial charge on any atom is 0.252 e. The molecule has 0 bridgehead atoms. The van der Waals surface area contributed by atoms with Crippen LogP contribution in [0, 0.1) is 0 Å². The molecule has 0 aliphatic carbocycles. The van der Waals surface area contributed by atoms with E-state index in [4.69, 9.17) is 0 Å². The number of hydrogen-bond donors (Lipinski definition) is 2. The third-order valence-electron chi connectivity index (χ3n) is 3.76. The summed E-state index contributed by atoms with van der Waals surface area (Å²) < 4.78 is 0. The molecule has 120 valence electrons. The van der Waals surface area contributed by atoms with Crippen LogP contribution in [0.15, 0.2) is 18.3 Å². The van der Waals surface area contributed by atoms with Crippen LogP contribution >= 0.6 is 0 Å². The summed E-state index contributed by atoms with van der Waals surface area (Å²) in [7, 11) is 0. The van der Waals surface area contributed by atoms with Gasteiger partial charge in [-0.1, -0.05) is 13.8 Å². The Bertz CT molecular complexity index is 515. The largest absolute Gasteiger partial charge is 0.365 e. The Morgan fingerprint density at radius 2 is 2.18 bits per heavy atom. The number of nitrogens with zero attached hydrogens (tertiary/aromatic N) is 2. The molecule has 2 amide bonds. The lowest BCUT2D eigenvalue weighted by atomic mass is 10.2. The van der Waals surface area contributed by atoms with E-state index in [0.29, 0.717) is 25.1 Å². The Morgan fingerprint density at radius 1 is 1.36 bits per heavy atom. The lowest BCUT2D eigenvalue weighted by Crippen LogP contribution is -2.31. The van der Waals surface area contributed by atoms with Gasteiger partial charge < -0.3 is 15.5 Å². The average Bonchev–Trinajstić information content (AvgIpc) is 3.01. The van der Waals surface area contributed by atoms with Crippen molar-refractivity contribution in [2.75, 3.05) is 25.0 Å². The average molecular weight is 304 g/mol. The second-order valence-corrected chi connectivity index (χ2v) is 5.51. The molecule has 1 aromatic heterocycles. The van der Waals surface area contributed by atoms with Gasteiger partial charge in [0.2, 0.25) is 5.91 Å². The van der Waals surface area contributed by atoms with E-state index in [0.717, 1.165) is 25.2 Å². The van der Waals surface area contributed by atoms with E-state index in [9.17, 15) is 9.59 Å². The first-order valence-corrected chi connectivity index (χ1v) is 7.92. The molecule has 6 heteroatoms. The fraction of sp³-hybridized carbons (Fsp3) is 0.562. The molecule has 1 unspecified atom stereocenters.